The number of ether oxygens (including phenoxy) is 1. The minimum Gasteiger partial charge on any atom is -0.482 e. The summed E-state index contributed by atoms with van der Waals surface area (Å²) >= 11 is 11.8. The number of carbonyl (C=O) groups is 1. The van der Waals surface area contributed by atoms with E-state index in [0.29, 0.717) is 22.1 Å². The zero-order valence-electron chi connectivity index (χ0n) is 11.3. The summed E-state index contributed by atoms with van der Waals surface area (Å²) < 4.78 is 5.35. The Labute approximate surface area is 132 Å². The van der Waals surface area contributed by atoms with Crippen LogP contribution in [-0.2, 0) is 4.79 Å². The first kappa shape index (κ1) is 15.5. The van der Waals surface area contributed by atoms with Crippen molar-refractivity contribution in [3.8, 4) is 5.75 Å². The summed E-state index contributed by atoms with van der Waals surface area (Å²) in [6, 6.07) is 10.4. The first-order chi connectivity index (χ1) is 9.97. The van der Waals surface area contributed by atoms with Gasteiger partial charge < -0.3 is 15.8 Å². The molecule has 0 saturated carbocycles. The highest BCUT2D eigenvalue weighted by Gasteiger charge is 2.09. The smallest absolute Gasteiger partial charge is 0.262 e. The maximum absolute atomic E-state index is 11.9. The number of halogens is 2. The van der Waals surface area contributed by atoms with E-state index >= 15 is 0 Å². The predicted octanol–water partition coefficient (Wildman–Crippen LogP) is 3.90. The van der Waals surface area contributed by atoms with E-state index in [1.807, 2.05) is 13.0 Å². The SMILES string of the molecule is Cc1ccc(NC(=O)COc2cccc(Cl)c2Cl)c(N)c1. The predicted molar refractivity (Wildman–Crippen MR) is 86.2 cm³/mol. The monoisotopic (exact) mass is 324 g/mol. The lowest BCUT2D eigenvalue weighted by Gasteiger charge is -2.11. The molecule has 0 fully saturated rings. The molecule has 110 valence electrons. The summed E-state index contributed by atoms with van der Waals surface area (Å²) in [4.78, 5) is 11.9. The summed E-state index contributed by atoms with van der Waals surface area (Å²) in [7, 11) is 0. The highest BCUT2D eigenvalue weighted by molar-refractivity contribution is 6.42. The molecular weight excluding hydrogens is 311 g/mol. The van der Waals surface area contributed by atoms with E-state index in [0.717, 1.165) is 5.56 Å². The van der Waals surface area contributed by atoms with Gasteiger partial charge in [-0.3, -0.25) is 4.79 Å². The number of hydrogen-bond acceptors (Lipinski definition) is 3. The maximum Gasteiger partial charge on any atom is 0.262 e. The topological polar surface area (TPSA) is 64.3 Å². The van der Waals surface area contributed by atoms with Crippen LogP contribution < -0.4 is 15.8 Å². The largest absolute Gasteiger partial charge is 0.482 e. The van der Waals surface area contributed by atoms with Crippen LogP contribution in [0.3, 0.4) is 0 Å². The van der Waals surface area contributed by atoms with Gasteiger partial charge in [-0.05, 0) is 36.8 Å². The summed E-state index contributed by atoms with van der Waals surface area (Å²) in [6.07, 6.45) is 0. The molecule has 6 heteroatoms. The third kappa shape index (κ3) is 4.03. The van der Waals surface area contributed by atoms with Crippen LogP contribution in [0.2, 0.25) is 10.0 Å². The molecule has 0 radical (unpaired) electrons. The van der Waals surface area contributed by atoms with Gasteiger partial charge in [-0.25, -0.2) is 0 Å². The zero-order chi connectivity index (χ0) is 15.4. The van der Waals surface area contributed by atoms with Crippen LogP contribution in [0.5, 0.6) is 5.75 Å². The minimum absolute atomic E-state index is 0.187. The van der Waals surface area contributed by atoms with Gasteiger partial charge in [0.2, 0.25) is 0 Å². The lowest BCUT2D eigenvalue weighted by molar-refractivity contribution is -0.118. The number of benzene rings is 2. The molecule has 1 amide bonds. The van der Waals surface area contributed by atoms with E-state index in [4.69, 9.17) is 33.7 Å². The van der Waals surface area contributed by atoms with Crippen LogP contribution in [0.4, 0.5) is 11.4 Å². The molecular formula is C15H14Cl2N2O2. The van der Waals surface area contributed by atoms with Gasteiger partial charge in [-0.1, -0.05) is 35.3 Å². The second kappa shape index (κ2) is 6.70. The number of hydrogen-bond donors (Lipinski definition) is 2. The highest BCUT2D eigenvalue weighted by atomic mass is 35.5. The molecule has 0 aromatic heterocycles. The molecule has 4 nitrogen and oxygen atoms in total. The molecule has 0 aliphatic rings. The van der Waals surface area contributed by atoms with E-state index in [1.54, 1.807) is 30.3 Å². The second-order valence-corrected chi connectivity index (χ2v) is 5.26. The Hall–Kier alpha value is -1.91. The molecule has 0 bridgehead atoms. The minimum atomic E-state index is -0.332. The standard InChI is InChI=1S/C15H14Cl2N2O2/c1-9-5-6-12(11(18)7-9)19-14(20)8-21-13-4-2-3-10(16)15(13)17/h2-7H,8,18H2,1H3,(H,19,20). The number of nitrogen functional groups attached to an aromatic ring is 1. The molecule has 3 N–H and O–H groups in total. The summed E-state index contributed by atoms with van der Waals surface area (Å²) in [5, 5.41) is 3.33. The Balaban J connectivity index is 1.97. The van der Waals surface area contributed by atoms with Gasteiger partial charge in [-0.2, -0.15) is 0 Å². The fraction of sp³-hybridized carbons (Fsp3) is 0.133. The Morgan fingerprint density at radius 1 is 1.29 bits per heavy atom. The summed E-state index contributed by atoms with van der Waals surface area (Å²) in [6.45, 7) is 1.74. The molecule has 0 heterocycles. The highest BCUT2D eigenvalue weighted by Crippen LogP contribution is 2.31. The van der Waals surface area contributed by atoms with Crippen molar-refractivity contribution in [1.82, 2.24) is 0 Å². The van der Waals surface area contributed by atoms with Crippen LogP contribution in [0.15, 0.2) is 36.4 Å². The lowest BCUT2D eigenvalue weighted by atomic mass is 10.2. The molecule has 21 heavy (non-hydrogen) atoms. The van der Waals surface area contributed by atoms with Crippen LogP contribution >= 0.6 is 23.2 Å². The van der Waals surface area contributed by atoms with Crippen LogP contribution in [0.25, 0.3) is 0 Å². The first-order valence-corrected chi connectivity index (χ1v) is 6.96. The van der Waals surface area contributed by atoms with E-state index < -0.39 is 0 Å². The Morgan fingerprint density at radius 2 is 2.05 bits per heavy atom. The van der Waals surface area contributed by atoms with Gasteiger partial charge in [-0.15, -0.1) is 0 Å². The molecule has 0 aliphatic heterocycles. The van der Waals surface area contributed by atoms with Crippen molar-refractivity contribution in [3.63, 3.8) is 0 Å². The van der Waals surface area contributed by atoms with Crippen molar-refractivity contribution in [2.45, 2.75) is 6.92 Å². The third-order valence-corrected chi connectivity index (χ3v) is 3.56. The number of nitrogens with two attached hydrogens (primary N) is 1. The van der Waals surface area contributed by atoms with Crippen LogP contribution in [-0.4, -0.2) is 12.5 Å². The van der Waals surface area contributed by atoms with E-state index in [1.165, 1.54) is 0 Å². The fourth-order valence-electron chi connectivity index (χ4n) is 1.72. The normalized spacial score (nSPS) is 10.2. The molecule has 2 aromatic rings. The van der Waals surface area contributed by atoms with Gasteiger partial charge in [0.25, 0.3) is 5.91 Å². The van der Waals surface area contributed by atoms with Gasteiger partial charge in [0, 0.05) is 0 Å². The number of amides is 1. The van der Waals surface area contributed by atoms with Gasteiger partial charge >= 0.3 is 0 Å². The van der Waals surface area contributed by atoms with Crippen molar-refractivity contribution >= 4 is 40.5 Å². The second-order valence-electron chi connectivity index (χ2n) is 4.48. The summed E-state index contributed by atoms with van der Waals surface area (Å²) in [5.74, 6) is 0.0257. The number of rotatable bonds is 4. The van der Waals surface area contributed by atoms with Crippen molar-refractivity contribution in [1.29, 1.82) is 0 Å². The zero-order valence-corrected chi connectivity index (χ0v) is 12.8. The van der Waals surface area contributed by atoms with Crippen molar-refractivity contribution in [2.24, 2.45) is 0 Å². The molecule has 0 aliphatic carbocycles. The average Bonchev–Trinajstić information content (AvgIpc) is 2.43. The van der Waals surface area contributed by atoms with E-state index in [9.17, 15) is 4.79 Å². The Bertz CT molecular complexity index is 675. The summed E-state index contributed by atoms with van der Waals surface area (Å²) in [5.41, 5.74) is 7.90. The number of aryl methyl sites for hydroxylation is 1. The van der Waals surface area contributed by atoms with E-state index in [-0.39, 0.29) is 17.5 Å². The molecule has 0 atom stereocenters. The van der Waals surface area contributed by atoms with Crippen molar-refractivity contribution in [2.75, 3.05) is 17.7 Å². The maximum atomic E-state index is 11.9. The first-order valence-electron chi connectivity index (χ1n) is 6.20. The van der Waals surface area contributed by atoms with Gasteiger partial charge in [0.15, 0.2) is 6.61 Å². The third-order valence-electron chi connectivity index (χ3n) is 2.76. The van der Waals surface area contributed by atoms with E-state index in [2.05, 4.69) is 5.32 Å². The molecule has 0 saturated heterocycles. The van der Waals surface area contributed by atoms with Crippen molar-refractivity contribution < 1.29 is 9.53 Å². The van der Waals surface area contributed by atoms with Crippen LogP contribution in [0.1, 0.15) is 5.56 Å². The van der Waals surface area contributed by atoms with Gasteiger partial charge in [0.1, 0.15) is 10.8 Å². The Kier molecular flexibility index (Phi) is 4.94. The molecule has 0 unspecified atom stereocenters. The number of anilines is 2. The number of carbonyl (C=O) groups excluding carboxylic acids is 1. The van der Waals surface area contributed by atoms with Gasteiger partial charge in [0.05, 0.1) is 16.4 Å². The van der Waals surface area contributed by atoms with Crippen LogP contribution in [0, 0.1) is 6.92 Å². The molecule has 0 spiro atoms. The lowest BCUT2D eigenvalue weighted by Crippen LogP contribution is -2.20. The molecule has 2 rings (SSSR count). The Morgan fingerprint density at radius 3 is 2.76 bits per heavy atom. The number of nitrogens with one attached hydrogen (secondary N) is 1. The van der Waals surface area contributed by atoms with Crippen molar-refractivity contribution in [3.05, 3.63) is 52.0 Å². The fourth-order valence-corrected chi connectivity index (χ4v) is 2.07. The average molecular weight is 325 g/mol. The quantitative estimate of drug-likeness (QED) is 0.838. The molecule has 2 aromatic carbocycles.